The van der Waals surface area contributed by atoms with Gasteiger partial charge < -0.3 is 4.74 Å². The molecule has 1 aliphatic carbocycles. The van der Waals surface area contributed by atoms with Gasteiger partial charge in [-0.25, -0.2) is 4.39 Å². The number of halogens is 2. The highest BCUT2D eigenvalue weighted by Gasteiger charge is 2.28. The third kappa shape index (κ3) is 1.71. The van der Waals surface area contributed by atoms with Gasteiger partial charge in [0.15, 0.2) is 5.78 Å². The summed E-state index contributed by atoms with van der Waals surface area (Å²) in [5.74, 6) is -0.104. The minimum Gasteiger partial charge on any atom is -0.500 e. The highest BCUT2D eigenvalue weighted by atomic mass is 35.5. The Balaban J connectivity index is 2.63. The molecule has 0 bridgehead atoms. The van der Waals surface area contributed by atoms with Crippen LogP contribution >= 0.6 is 11.6 Å². The topological polar surface area (TPSA) is 26.3 Å². The highest BCUT2D eigenvalue weighted by molar-refractivity contribution is 6.35. The van der Waals surface area contributed by atoms with Crippen molar-refractivity contribution in [2.75, 3.05) is 7.11 Å². The lowest BCUT2D eigenvalue weighted by molar-refractivity contribution is -0.113. The minimum atomic E-state index is -0.493. The van der Waals surface area contributed by atoms with Gasteiger partial charge in [-0.05, 0) is 12.1 Å². The van der Waals surface area contributed by atoms with Crippen LogP contribution in [0.5, 0.6) is 0 Å². The van der Waals surface area contributed by atoms with E-state index in [0.717, 1.165) is 0 Å². The molecule has 0 aliphatic heterocycles. The molecule has 0 unspecified atom stereocenters. The smallest absolute Gasteiger partial charge is 0.167 e. The largest absolute Gasteiger partial charge is 0.500 e. The molecule has 2 nitrogen and oxygen atoms in total. The Bertz CT molecular complexity index is 460. The summed E-state index contributed by atoms with van der Waals surface area (Å²) in [6.07, 6.45) is 0.860. The van der Waals surface area contributed by atoms with E-state index in [1.807, 2.05) is 0 Å². The zero-order chi connectivity index (χ0) is 11.7. The van der Waals surface area contributed by atoms with E-state index in [2.05, 4.69) is 0 Å². The van der Waals surface area contributed by atoms with E-state index >= 15 is 0 Å². The molecule has 16 heavy (non-hydrogen) atoms. The fourth-order valence-corrected chi connectivity index (χ4v) is 2.11. The molecular formula is C12H10ClFO2. The van der Waals surface area contributed by atoms with E-state index in [9.17, 15) is 9.18 Å². The molecule has 0 N–H and O–H groups in total. The van der Waals surface area contributed by atoms with Crippen molar-refractivity contribution in [2.24, 2.45) is 0 Å². The van der Waals surface area contributed by atoms with Gasteiger partial charge in [-0.2, -0.15) is 0 Å². The van der Waals surface area contributed by atoms with Gasteiger partial charge in [0.05, 0.1) is 17.7 Å². The van der Waals surface area contributed by atoms with Gasteiger partial charge in [-0.1, -0.05) is 17.7 Å². The Morgan fingerprint density at radius 2 is 2.12 bits per heavy atom. The Hall–Kier alpha value is -1.35. The molecule has 0 aromatic heterocycles. The zero-order valence-electron chi connectivity index (χ0n) is 8.72. The van der Waals surface area contributed by atoms with Crippen LogP contribution in [0.4, 0.5) is 4.39 Å². The number of hydrogen-bond donors (Lipinski definition) is 0. The van der Waals surface area contributed by atoms with Gasteiger partial charge in [-0.15, -0.1) is 0 Å². The van der Waals surface area contributed by atoms with Gasteiger partial charge in [-0.3, -0.25) is 4.79 Å². The quantitative estimate of drug-likeness (QED) is 0.794. The first-order valence-electron chi connectivity index (χ1n) is 4.90. The molecule has 0 saturated heterocycles. The van der Waals surface area contributed by atoms with Gasteiger partial charge >= 0.3 is 0 Å². The van der Waals surface area contributed by atoms with Crippen LogP contribution in [0, 0.1) is 5.82 Å². The summed E-state index contributed by atoms with van der Waals surface area (Å²) in [7, 11) is 1.47. The molecule has 0 radical (unpaired) electrons. The first-order chi connectivity index (χ1) is 7.65. The van der Waals surface area contributed by atoms with Crippen molar-refractivity contribution in [3.8, 4) is 0 Å². The van der Waals surface area contributed by atoms with Gasteiger partial charge in [0, 0.05) is 18.4 Å². The second kappa shape index (κ2) is 4.26. The molecule has 2 rings (SSSR count). The van der Waals surface area contributed by atoms with Crippen molar-refractivity contribution in [1.82, 2.24) is 0 Å². The number of benzene rings is 1. The van der Waals surface area contributed by atoms with Crippen LogP contribution in [0.15, 0.2) is 24.0 Å². The number of ether oxygens (including phenoxy) is 1. The van der Waals surface area contributed by atoms with Crippen LogP contribution in [-0.4, -0.2) is 12.9 Å². The Morgan fingerprint density at radius 1 is 1.38 bits per heavy atom. The maximum absolute atomic E-state index is 13.7. The Kier molecular flexibility index (Phi) is 2.97. The molecule has 1 aromatic rings. The summed E-state index contributed by atoms with van der Waals surface area (Å²) in [4.78, 5) is 11.7. The van der Waals surface area contributed by atoms with Crippen LogP contribution in [0.1, 0.15) is 18.4 Å². The van der Waals surface area contributed by atoms with Gasteiger partial charge in [0.2, 0.25) is 0 Å². The number of carbonyl (C=O) groups excluding carboxylic acids is 1. The summed E-state index contributed by atoms with van der Waals surface area (Å²) in [6.45, 7) is 0. The Labute approximate surface area is 97.7 Å². The van der Waals surface area contributed by atoms with E-state index in [1.54, 1.807) is 6.07 Å². The van der Waals surface area contributed by atoms with E-state index < -0.39 is 5.82 Å². The number of allylic oxidation sites excluding steroid dienone is 2. The third-order valence-electron chi connectivity index (χ3n) is 2.60. The van der Waals surface area contributed by atoms with Crippen molar-refractivity contribution < 1.29 is 13.9 Å². The standard InChI is InChI=1S/C12H10ClFO2/c1-16-10-6-5-9(15)12(10)11-7(13)3-2-4-8(11)14/h2-4H,5-6H2,1H3. The maximum atomic E-state index is 13.7. The molecule has 0 fully saturated rings. The first-order valence-corrected chi connectivity index (χ1v) is 5.27. The summed E-state index contributed by atoms with van der Waals surface area (Å²) < 4.78 is 18.8. The van der Waals surface area contributed by atoms with Crippen molar-refractivity contribution in [3.05, 3.63) is 40.4 Å². The predicted octanol–water partition coefficient (Wildman–Crippen LogP) is 3.20. The van der Waals surface area contributed by atoms with E-state index in [0.29, 0.717) is 18.6 Å². The van der Waals surface area contributed by atoms with Crippen LogP contribution in [0.25, 0.3) is 5.57 Å². The lowest BCUT2D eigenvalue weighted by Gasteiger charge is -2.08. The molecule has 4 heteroatoms. The minimum absolute atomic E-state index is 0.121. The van der Waals surface area contributed by atoms with Crippen LogP contribution < -0.4 is 0 Å². The highest BCUT2D eigenvalue weighted by Crippen LogP contribution is 2.36. The van der Waals surface area contributed by atoms with E-state index in [4.69, 9.17) is 16.3 Å². The van der Waals surface area contributed by atoms with Gasteiger partial charge in [0.25, 0.3) is 0 Å². The monoisotopic (exact) mass is 240 g/mol. The lowest BCUT2D eigenvalue weighted by Crippen LogP contribution is -2.00. The molecular weight excluding hydrogens is 231 g/mol. The molecule has 0 atom stereocenters. The zero-order valence-corrected chi connectivity index (χ0v) is 9.47. The molecule has 0 amide bonds. The van der Waals surface area contributed by atoms with Crippen LogP contribution in [0.3, 0.4) is 0 Å². The molecule has 1 aromatic carbocycles. The number of carbonyl (C=O) groups is 1. The average molecular weight is 241 g/mol. The second-order valence-corrected chi connectivity index (χ2v) is 3.93. The van der Waals surface area contributed by atoms with Crippen molar-refractivity contribution in [3.63, 3.8) is 0 Å². The average Bonchev–Trinajstić information content (AvgIpc) is 2.60. The molecule has 0 spiro atoms. The Morgan fingerprint density at radius 3 is 2.75 bits per heavy atom. The van der Waals surface area contributed by atoms with Crippen LogP contribution in [0.2, 0.25) is 5.02 Å². The SMILES string of the molecule is COC1=C(c2c(F)cccc2Cl)C(=O)CC1. The lowest BCUT2D eigenvalue weighted by atomic mass is 10.0. The predicted molar refractivity (Wildman–Crippen MR) is 59.6 cm³/mol. The summed E-state index contributed by atoms with van der Waals surface area (Å²) in [6, 6.07) is 4.35. The van der Waals surface area contributed by atoms with Crippen molar-refractivity contribution in [1.29, 1.82) is 0 Å². The first kappa shape index (κ1) is 11.1. The fourth-order valence-electron chi connectivity index (χ4n) is 1.85. The number of ketones is 1. The number of methoxy groups -OCH3 is 1. The number of hydrogen-bond acceptors (Lipinski definition) is 2. The normalized spacial score (nSPS) is 15.8. The van der Waals surface area contributed by atoms with E-state index in [1.165, 1.54) is 19.2 Å². The fraction of sp³-hybridized carbons (Fsp3) is 0.250. The molecule has 84 valence electrons. The summed E-state index contributed by atoms with van der Waals surface area (Å²) >= 11 is 5.92. The summed E-state index contributed by atoms with van der Waals surface area (Å²) in [5, 5.41) is 0.236. The third-order valence-corrected chi connectivity index (χ3v) is 2.91. The van der Waals surface area contributed by atoms with E-state index in [-0.39, 0.29) is 21.9 Å². The van der Waals surface area contributed by atoms with Gasteiger partial charge in [0.1, 0.15) is 11.6 Å². The van der Waals surface area contributed by atoms with Crippen LogP contribution in [-0.2, 0) is 9.53 Å². The second-order valence-electron chi connectivity index (χ2n) is 3.52. The van der Waals surface area contributed by atoms with Crippen molar-refractivity contribution >= 4 is 23.0 Å². The molecule has 1 aliphatic rings. The number of rotatable bonds is 2. The number of Topliss-reactive ketones (excluding diaryl/α,β-unsaturated/α-hetero) is 1. The molecule has 0 saturated carbocycles. The summed E-state index contributed by atoms with van der Waals surface area (Å²) in [5.41, 5.74) is 0.439. The molecule has 0 heterocycles. The van der Waals surface area contributed by atoms with Crippen molar-refractivity contribution in [2.45, 2.75) is 12.8 Å². The maximum Gasteiger partial charge on any atom is 0.167 e.